The van der Waals surface area contributed by atoms with Gasteiger partial charge in [-0.05, 0) is 167 Å². The second-order valence-electron chi connectivity index (χ2n) is 20.0. The van der Waals surface area contributed by atoms with Gasteiger partial charge < -0.3 is 9.64 Å². The molecule has 15 rings (SSSR count). The third-order valence-electron chi connectivity index (χ3n) is 16.1. The van der Waals surface area contributed by atoms with E-state index in [9.17, 15) is 0 Å². The van der Waals surface area contributed by atoms with E-state index in [-0.39, 0.29) is 5.41 Å². The lowest BCUT2D eigenvalue weighted by molar-refractivity contribution is 0.488. The van der Waals surface area contributed by atoms with E-state index in [1.165, 1.54) is 77.5 Å². The van der Waals surface area contributed by atoms with Crippen molar-refractivity contribution in [1.82, 2.24) is 0 Å². The highest BCUT2D eigenvalue weighted by molar-refractivity contribution is 6.02. The second kappa shape index (κ2) is 14.4. The molecule has 0 N–H and O–H groups in total. The van der Waals surface area contributed by atoms with E-state index in [1.807, 2.05) is 0 Å². The smallest absolute Gasteiger partial charge is 0.135 e. The van der Waals surface area contributed by atoms with Gasteiger partial charge in [0.1, 0.15) is 11.5 Å². The zero-order chi connectivity index (χ0) is 46.3. The summed E-state index contributed by atoms with van der Waals surface area (Å²) in [7, 11) is 0. The Balaban J connectivity index is 0.979. The van der Waals surface area contributed by atoms with Gasteiger partial charge in [-0.25, -0.2) is 0 Å². The van der Waals surface area contributed by atoms with Gasteiger partial charge in [0.25, 0.3) is 0 Å². The number of benzene rings is 11. The number of hydrogen-bond acceptors (Lipinski definition) is 2. The molecule has 0 bridgehead atoms. The first-order valence-corrected chi connectivity index (χ1v) is 24.5. The molecule has 3 aliphatic carbocycles. The van der Waals surface area contributed by atoms with E-state index < -0.39 is 5.41 Å². The van der Waals surface area contributed by atoms with E-state index >= 15 is 0 Å². The van der Waals surface area contributed by atoms with Crippen LogP contribution in [0.2, 0.25) is 0 Å². The van der Waals surface area contributed by atoms with Gasteiger partial charge in [0.15, 0.2) is 0 Å². The Hall–Kier alpha value is -8.72. The average molecular weight is 892 g/mol. The Labute approximate surface area is 408 Å². The Bertz CT molecular complexity index is 3960. The fourth-order valence-corrected chi connectivity index (χ4v) is 12.9. The highest BCUT2D eigenvalue weighted by Crippen LogP contribution is 2.64. The predicted molar refractivity (Wildman–Crippen MR) is 289 cm³/mol. The predicted octanol–water partition coefficient (Wildman–Crippen LogP) is 18.1. The zero-order valence-corrected chi connectivity index (χ0v) is 38.9. The number of nitrogens with zero attached hydrogens (tertiary/aromatic N) is 1. The number of ether oxygens (including phenoxy) is 1. The van der Waals surface area contributed by atoms with Crippen LogP contribution >= 0.6 is 0 Å². The molecule has 70 heavy (non-hydrogen) atoms. The number of anilines is 3. The van der Waals surface area contributed by atoms with Crippen molar-refractivity contribution in [2.75, 3.05) is 4.90 Å². The van der Waals surface area contributed by atoms with Crippen molar-refractivity contribution >= 4 is 27.8 Å². The summed E-state index contributed by atoms with van der Waals surface area (Å²) in [6.45, 7) is 4.75. The Morgan fingerprint density at radius 3 is 1.37 bits per heavy atom. The summed E-state index contributed by atoms with van der Waals surface area (Å²) in [5, 5.41) is 2.39. The molecule has 11 aromatic rings. The van der Waals surface area contributed by atoms with Crippen LogP contribution in [0.4, 0.5) is 17.1 Å². The zero-order valence-electron chi connectivity index (χ0n) is 38.9. The standard InChI is InChI=1S/C68H45NO/c1-67(2)59-24-12-8-20-49(59)53-33-29-47(40-63(53)67)69(48-30-34-54-52-23-11-15-27-62(52)68(64(54)41-48)60-25-13-9-21-50(60)51-22-10-14-26-61(51)68)46-31-35-65-58(39-46)57-37-44-19-7-6-18-43(44)36-56(57)55-32-28-45(38-66(55)70-65)42-16-4-3-5-17-42/h3-41H,1-2H3. The molecule has 2 nitrogen and oxygen atoms in total. The fourth-order valence-electron chi connectivity index (χ4n) is 12.9. The molecule has 1 spiro atoms. The third kappa shape index (κ3) is 5.33. The SMILES string of the molecule is CC1(C)c2ccccc2-c2ccc(N(c3ccc4c(c3)-c3cc5ccccc5cc3-c3ccc(-c5ccccc5)cc3O4)c3ccc4c(c3)C3(c5ccccc5-c5ccccc53)c3ccccc3-4)cc21. The lowest BCUT2D eigenvalue weighted by Gasteiger charge is -2.32. The van der Waals surface area contributed by atoms with Crippen molar-refractivity contribution in [2.45, 2.75) is 24.7 Å². The summed E-state index contributed by atoms with van der Waals surface area (Å²) in [4.78, 5) is 2.50. The van der Waals surface area contributed by atoms with Crippen molar-refractivity contribution in [3.8, 4) is 78.3 Å². The van der Waals surface area contributed by atoms with Gasteiger partial charge in [0.2, 0.25) is 0 Å². The van der Waals surface area contributed by atoms with Crippen LogP contribution < -0.4 is 9.64 Å². The molecule has 0 saturated heterocycles. The highest BCUT2D eigenvalue weighted by atomic mass is 16.5. The summed E-state index contributed by atoms with van der Waals surface area (Å²) in [6.07, 6.45) is 0. The van der Waals surface area contributed by atoms with Crippen molar-refractivity contribution < 1.29 is 4.74 Å². The van der Waals surface area contributed by atoms with Crippen LogP contribution in [-0.2, 0) is 10.8 Å². The first kappa shape index (κ1) is 39.3. The van der Waals surface area contributed by atoms with Gasteiger partial charge in [-0.2, -0.15) is 0 Å². The van der Waals surface area contributed by atoms with Crippen LogP contribution in [-0.4, -0.2) is 0 Å². The molecule has 0 fully saturated rings. The van der Waals surface area contributed by atoms with E-state index in [1.54, 1.807) is 0 Å². The Morgan fingerprint density at radius 2 is 0.743 bits per heavy atom. The second-order valence-corrected chi connectivity index (χ2v) is 20.0. The van der Waals surface area contributed by atoms with Crippen LogP contribution in [0, 0.1) is 0 Å². The molecular formula is C68H45NO. The molecule has 1 aliphatic heterocycles. The van der Waals surface area contributed by atoms with E-state index in [2.05, 4.69) is 255 Å². The van der Waals surface area contributed by atoms with Gasteiger partial charge in [-0.15, -0.1) is 0 Å². The topological polar surface area (TPSA) is 12.5 Å². The number of hydrogen-bond donors (Lipinski definition) is 0. The van der Waals surface area contributed by atoms with E-state index in [4.69, 9.17) is 4.74 Å². The first-order valence-electron chi connectivity index (χ1n) is 24.5. The van der Waals surface area contributed by atoms with Gasteiger partial charge in [-0.3, -0.25) is 0 Å². The number of rotatable bonds is 4. The van der Waals surface area contributed by atoms with Crippen LogP contribution in [0.5, 0.6) is 11.5 Å². The maximum Gasteiger partial charge on any atom is 0.135 e. The molecule has 0 unspecified atom stereocenters. The molecule has 11 aromatic carbocycles. The summed E-state index contributed by atoms with van der Waals surface area (Å²) >= 11 is 0. The lowest BCUT2D eigenvalue weighted by atomic mass is 9.70. The van der Waals surface area contributed by atoms with Gasteiger partial charge >= 0.3 is 0 Å². The molecule has 0 radical (unpaired) electrons. The molecule has 0 aromatic heterocycles. The minimum absolute atomic E-state index is 0.180. The monoisotopic (exact) mass is 891 g/mol. The van der Waals surface area contributed by atoms with Gasteiger partial charge in [0, 0.05) is 33.6 Å². The van der Waals surface area contributed by atoms with Crippen LogP contribution in [0.25, 0.3) is 77.5 Å². The largest absolute Gasteiger partial charge is 0.456 e. The quantitative estimate of drug-likeness (QED) is 0.175. The summed E-state index contributed by atoms with van der Waals surface area (Å²) < 4.78 is 7.15. The van der Waals surface area contributed by atoms with Crippen molar-refractivity contribution in [3.05, 3.63) is 270 Å². The van der Waals surface area contributed by atoms with Crippen molar-refractivity contribution in [2.24, 2.45) is 0 Å². The number of fused-ring (bicyclic) bond motifs is 19. The molecule has 4 aliphatic rings. The molecule has 0 atom stereocenters. The summed E-state index contributed by atoms with van der Waals surface area (Å²) in [6, 6.07) is 88.1. The molecular weight excluding hydrogens is 847 g/mol. The lowest BCUT2D eigenvalue weighted by Crippen LogP contribution is -2.26. The van der Waals surface area contributed by atoms with Crippen molar-refractivity contribution in [1.29, 1.82) is 0 Å². The fraction of sp³-hybridized carbons (Fsp3) is 0.0588. The average Bonchev–Trinajstić information content (AvgIpc) is 3.93. The molecule has 0 saturated carbocycles. The van der Waals surface area contributed by atoms with Crippen molar-refractivity contribution in [3.63, 3.8) is 0 Å². The van der Waals surface area contributed by atoms with E-state index in [0.717, 1.165) is 61.9 Å². The first-order chi connectivity index (χ1) is 34.4. The minimum Gasteiger partial charge on any atom is -0.456 e. The maximum absolute atomic E-state index is 7.15. The van der Waals surface area contributed by atoms with Crippen LogP contribution in [0.1, 0.15) is 47.2 Å². The molecule has 1 heterocycles. The maximum atomic E-state index is 7.15. The van der Waals surface area contributed by atoms with Gasteiger partial charge in [-0.1, -0.05) is 184 Å². The van der Waals surface area contributed by atoms with Gasteiger partial charge in [0.05, 0.1) is 5.41 Å². The Morgan fingerprint density at radius 1 is 0.286 bits per heavy atom. The van der Waals surface area contributed by atoms with Crippen LogP contribution in [0.3, 0.4) is 0 Å². The third-order valence-corrected chi connectivity index (χ3v) is 16.1. The molecule has 328 valence electrons. The summed E-state index contributed by atoms with van der Waals surface area (Å²) in [5.74, 6) is 1.68. The molecule has 2 heteroatoms. The molecule has 0 amide bonds. The highest BCUT2D eigenvalue weighted by Gasteiger charge is 2.51. The van der Waals surface area contributed by atoms with Crippen LogP contribution in [0.15, 0.2) is 237 Å². The Kier molecular flexibility index (Phi) is 8.08. The normalized spacial score (nSPS) is 14.2. The summed E-state index contributed by atoms with van der Waals surface area (Å²) in [5.41, 5.74) is 25.1. The van der Waals surface area contributed by atoms with E-state index in [0.29, 0.717) is 0 Å². The minimum atomic E-state index is -0.478.